The highest BCUT2D eigenvalue weighted by atomic mass is 19.1. The zero-order chi connectivity index (χ0) is 13.7. The Kier molecular flexibility index (Phi) is 5.56. The molecule has 0 fully saturated rings. The molecule has 0 aliphatic heterocycles. The number of aliphatic hydroxyl groups excluding tert-OH is 1. The number of ether oxygens (including phenoxy) is 1. The topological polar surface area (TPSA) is 32.7 Å². The normalized spacial score (nSPS) is 12.6. The molecular weight excluding hydrogens is 233 g/mol. The first-order chi connectivity index (χ1) is 8.47. The maximum Gasteiger partial charge on any atom is 0.126 e. The molecule has 1 aromatic rings. The number of benzene rings is 1. The van der Waals surface area contributed by atoms with E-state index in [1.165, 1.54) is 6.07 Å². The van der Waals surface area contributed by atoms with Crippen LogP contribution in [0.15, 0.2) is 12.1 Å². The average molecular weight is 255 g/mol. The van der Waals surface area contributed by atoms with Gasteiger partial charge in [0, 0.05) is 38.6 Å². The van der Waals surface area contributed by atoms with Crippen molar-refractivity contribution in [2.24, 2.45) is 0 Å². The third-order valence-electron chi connectivity index (χ3n) is 3.01. The van der Waals surface area contributed by atoms with Crippen LogP contribution in [-0.2, 0) is 4.74 Å². The van der Waals surface area contributed by atoms with E-state index in [4.69, 9.17) is 4.74 Å². The van der Waals surface area contributed by atoms with Crippen LogP contribution in [0.2, 0.25) is 0 Å². The Hall–Kier alpha value is -1.13. The minimum Gasteiger partial charge on any atom is -0.389 e. The van der Waals surface area contributed by atoms with Gasteiger partial charge in [-0.3, -0.25) is 0 Å². The zero-order valence-corrected chi connectivity index (χ0v) is 11.5. The van der Waals surface area contributed by atoms with Crippen LogP contribution in [0.5, 0.6) is 0 Å². The van der Waals surface area contributed by atoms with E-state index in [-0.39, 0.29) is 5.82 Å². The maximum atomic E-state index is 13.5. The summed E-state index contributed by atoms with van der Waals surface area (Å²) >= 11 is 0. The lowest BCUT2D eigenvalue weighted by atomic mass is 10.0. The quantitative estimate of drug-likeness (QED) is 0.793. The van der Waals surface area contributed by atoms with Crippen molar-refractivity contribution >= 4 is 5.69 Å². The van der Waals surface area contributed by atoms with Crippen LogP contribution in [0.1, 0.15) is 30.6 Å². The van der Waals surface area contributed by atoms with Gasteiger partial charge >= 0.3 is 0 Å². The number of hydrogen-bond donors (Lipinski definition) is 1. The Morgan fingerprint density at radius 1 is 1.44 bits per heavy atom. The van der Waals surface area contributed by atoms with E-state index in [9.17, 15) is 9.50 Å². The molecule has 102 valence electrons. The largest absolute Gasteiger partial charge is 0.389 e. The van der Waals surface area contributed by atoms with E-state index in [2.05, 4.69) is 0 Å². The van der Waals surface area contributed by atoms with E-state index in [1.54, 1.807) is 27.0 Å². The van der Waals surface area contributed by atoms with Gasteiger partial charge < -0.3 is 14.7 Å². The summed E-state index contributed by atoms with van der Waals surface area (Å²) in [6.45, 7) is 4.87. The minimum atomic E-state index is -0.681. The summed E-state index contributed by atoms with van der Waals surface area (Å²) in [4.78, 5) is 2.02. The van der Waals surface area contributed by atoms with Crippen LogP contribution < -0.4 is 4.90 Å². The van der Waals surface area contributed by atoms with Gasteiger partial charge in [-0.15, -0.1) is 0 Å². The molecule has 1 N–H and O–H groups in total. The van der Waals surface area contributed by atoms with Crippen molar-refractivity contribution in [2.75, 3.05) is 32.2 Å². The molecule has 4 heteroatoms. The van der Waals surface area contributed by atoms with Gasteiger partial charge in [-0.1, -0.05) is 0 Å². The average Bonchev–Trinajstić information content (AvgIpc) is 2.32. The predicted molar refractivity (Wildman–Crippen MR) is 71.5 cm³/mol. The van der Waals surface area contributed by atoms with Crippen LogP contribution in [0.3, 0.4) is 0 Å². The highest BCUT2D eigenvalue weighted by molar-refractivity contribution is 5.56. The molecule has 0 spiro atoms. The first kappa shape index (κ1) is 14.9. The second-order valence-electron chi connectivity index (χ2n) is 4.60. The molecule has 0 amide bonds. The fourth-order valence-electron chi connectivity index (χ4n) is 1.91. The molecular formula is C14H22FNO2. The lowest BCUT2D eigenvalue weighted by Crippen LogP contribution is -2.22. The number of methoxy groups -OCH3 is 1. The van der Waals surface area contributed by atoms with Gasteiger partial charge in [-0.2, -0.15) is 0 Å². The molecule has 0 aromatic heterocycles. The lowest BCUT2D eigenvalue weighted by Gasteiger charge is -2.24. The van der Waals surface area contributed by atoms with Crippen LogP contribution >= 0.6 is 0 Å². The summed E-state index contributed by atoms with van der Waals surface area (Å²) in [5.74, 6) is -0.278. The Morgan fingerprint density at radius 3 is 2.67 bits per heavy atom. The third kappa shape index (κ3) is 3.68. The second-order valence-corrected chi connectivity index (χ2v) is 4.60. The van der Waals surface area contributed by atoms with Crippen LogP contribution in [0.25, 0.3) is 0 Å². The Balaban J connectivity index is 2.94. The maximum absolute atomic E-state index is 13.5. The molecule has 0 radical (unpaired) electrons. The molecule has 1 rings (SSSR count). The van der Waals surface area contributed by atoms with E-state index in [0.717, 1.165) is 18.7 Å². The molecule has 0 bridgehead atoms. The van der Waals surface area contributed by atoms with Gasteiger partial charge in [0.15, 0.2) is 0 Å². The SMILES string of the molecule is COCCCN(C)c1cc(C)c(F)cc1[C@H](C)O. The summed E-state index contributed by atoms with van der Waals surface area (Å²) in [5, 5.41) is 9.72. The summed E-state index contributed by atoms with van der Waals surface area (Å²) in [6, 6.07) is 3.20. The number of halogens is 1. The smallest absolute Gasteiger partial charge is 0.126 e. The van der Waals surface area contributed by atoms with Crippen molar-refractivity contribution in [3.8, 4) is 0 Å². The Morgan fingerprint density at radius 2 is 2.11 bits per heavy atom. The van der Waals surface area contributed by atoms with Gasteiger partial charge in [0.1, 0.15) is 5.82 Å². The Labute approximate surface area is 108 Å². The van der Waals surface area contributed by atoms with Crippen molar-refractivity contribution in [1.82, 2.24) is 0 Å². The summed E-state index contributed by atoms with van der Waals surface area (Å²) in [6.07, 6.45) is 0.211. The molecule has 0 heterocycles. The molecule has 1 aromatic carbocycles. The summed E-state index contributed by atoms with van der Waals surface area (Å²) in [5.41, 5.74) is 2.09. The molecule has 0 saturated heterocycles. The molecule has 3 nitrogen and oxygen atoms in total. The molecule has 0 aliphatic rings. The molecule has 0 aliphatic carbocycles. The van der Waals surface area contributed by atoms with Crippen molar-refractivity contribution in [1.29, 1.82) is 0 Å². The fourth-order valence-corrected chi connectivity index (χ4v) is 1.91. The summed E-state index contributed by atoms with van der Waals surface area (Å²) < 4.78 is 18.6. The standard InChI is InChI=1S/C14H22FNO2/c1-10-8-14(16(3)6-5-7-18-4)12(11(2)17)9-13(10)15/h8-9,11,17H,5-7H2,1-4H3/t11-/m0/s1. The number of anilines is 1. The van der Waals surface area contributed by atoms with E-state index in [1.807, 2.05) is 11.9 Å². The van der Waals surface area contributed by atoms with Gasteiger partial charge in [0.05, 0.1) is 6.10 Å². The first-order valence-electron chi connectivity index (χ1n) is 6.15. The Bertz CT molecular complexity index is 394. The van der Waals surface area contributed by atoms with Crippen LogP contribution in [0, 0.1) is 12.7 Å². The number of hydrogen-bond acceptors (Lipinski definition) is 3. The monoisotopic (exact) mass is 255 g/mol. The van der Waals surface area contributed by atoms with Gasteiger partial charge in [0.2, 0.25) is 0 Å². The lowest BCUT2D eigenvalue weighted by molar-refractivity contribution is 0.195. The number of rotatable bonds is 6. The molecule has 1 atom stereocenters. The molecule has 18 heavy (non-hydrogen) atoms. The molecule has 0 saturated carbocycles. The zero-order valence-electron chi connectivity index (χ0n) is 11.5. The minimum absolute atomic E-state index is 0.278. The van der Waals surface area contributed by atoms with Gasteiger partial charge in [-0.05, 0) is 38.0 Å². The second kappa shape index (κ2) is 6.71. The van der Waals surface area contributed by atoms with Crippen LogP contribution in [-0.4, -0.2) is 32.4 Å². The van der Waals surface area contributed by atoms with Crippen molar-refractivity contribution in [2.45, 2.75) is 26.4 Å². The summed E-state index contributed by atoms with van der Waals surface area (Å²) in [7, 11) is 3.61. The van der Waals surface area contributed by atoms with Crippen molar-refractivity contribution < 1.29 is 14.2 Å². The fraction of sp³-hybridized carbons (Fsp3) is 0.571. The number of aryl methyl sites for hydroxylation is 1. The van der Waals surface area contributed by atoms with E-state index in [0.29, 0.717) is 17.7 Å². The number of aliphatic hydroxyl groups is 1. The first-order valence-corrected chi connectivity index (χ1v) is 6.15. The highest BCUT2D eigenvalue weighted by Gasteiger charge is 2.14. The van der Waals surface area contributed by atoms with E-state index < -0.39 is 6.10 Å². The predicted octanol–water partition coefficient (Wildman–Crippen LogP) is 2.66. The van der Waals surface area contributed by atoms with Gasteiger partial charge in [-0.25, -0.2) is 4.39 Å². The van der Waals surface area contributed by atoms with Crippen LogP contribution in [0.4, 0.5) is 10.1 Å². The highest BCUT2D eigenvalue weighted by Crippen LogP contribution is 2.28. The molecule has 0 unspecified atom stereocenters. The van der Waals surface area contributed by atoms with Crippen molar-refractivity contribution in [3.05, 3.63) is 29.1 Å². The van der Waals surface area contributed by atoms with Crippen molar-refractivity contribution in [3.63, 3.8) is 0 Å². The number of nitrogens with zero attached hydrogens (tertiary/aromatic N) is 1. The van der Waals surface area contributed by atoms with E-state index >= 15 is 0 Å². The van der Waals surface area contributed by atoms with Gasteiger partial charge in [0.25, 0.3) is 0 Å². The third-order valence-corrected chi connectivity index (χ3v) is 3.01.